The van der Waals surface area contributed by atoms with Crippen LogP contribution in [-0.4, -0.2) is 9.38 Å². The summed E-state index contributed by atoms with van der Waals surface area (Å²) in [5.41, 5.74) is 1.50. The lowest BCUT2D eigenvalue weighted by molar-refractivity contribution is 0.459. The van der Waals surface area contributed by atoms with E-state index >= 15 is 0 Å². The van der Waals surface area contributed by atoms with Gasteiger partial charge >= 0.3 is 0 Å². The van der Waals surface area contributed by atoms with Crippen molar-refractivity contribution in [2.45, 2.75) is 12.3 Å². The van der Waals surface area contributed by atoms with Crippen LogP contribution in [0, 0.1) is 12.7 Å². The first-order chi connectivity index (χ1) is 9.19. The summed E-state index contributed by atoms with van der Waals surface area (Å²) in [6.45, 7) is 1.71. The van der Waals surface area contributed by atoms with Gasteiger partial charge in [0.25, 0.3) is 0 Å². The molecule has 0 saturated heterocycles. The SMILES string of the molecule is Cc1cc(Oc2nc3sccn3c2CBr)ccc1F. The van der Waals surface area contributed by atoms with Crippen LogP contribution < -0.4 is 4.74 Å². The Hall–Kier alpha value is -1.40. The van der Waals surface area contributed by atoms with Crippen LogP contribution in [-0.2, 0) is 5.33 Å². The highest BCUT2D eigenvalue weighted by atomic mass is 79.9. The van der Waals surface area contributed by atoms with Crippen molar-refractivity contribution in [1.82, 2.24) is 9.38 Å². The van der Waals surface area contributed by atoms with Crippen molar-refractivity contribution in [1.29, 1.82) is 0 Å². The molecule has 0 aliphatic heterocycles. The van der Waals surface area contributed by atoms with E-state index in [1.165, 1.54) is 6.07 Å². The molecule has 0 spiro atoms. The molecule has 19 heavy (non-hydrogen) atoms. The minimum absolute atomic E-state index is 0.237. The van der Waals surface area contributed by atoms with E-state index in [0.717, 1.165) is 10.7 Å². The van der Waals surface area contributed by atoms with Crippen LogP contribution in [0.15, 0.2) is 29.8 Å². The molecule has 98 valence electrons. The highest BCUT2D eigenvalue weighted by Crippen LogP contribution is 2.30. The molecule has 0 fully saturated rings. The van der Waals surface area contributed by atoms with Crippen LogP contribution in [0.4, 0.5) is 4.39 Å². The number of nitrogens with zero attached hydrogens (tertiary/aromatic N) is 2. The molecule has 0 radical (unpaired) electrons. The van der Waals surface area contributed by atoms with Gasteiger partial charge in [0.1, 0.15) is 11.6 Å². The fraction of sp³-hybridized carbons (Fsp3) is 0.154. The minimum atomic E-state index is -0.237. The highest BCUT2D eigenvalue weighted by molar-refractivity contribution is 9.08. The third kappa shape index (κ3) is 2.26. The van der Waals surface area contributed by atoms with E-state index in [1.807, 2.05) is 16.0 Å². The third-order valence-corrected chi connectivity index (χ3v) is 4.08. The van der Waals surface area contributed by atoms with E-state index in [1.54, 1.807) is 30.4 Å². The summed E-state index contributed by atoms with van der Waals surface area (Å²) in [4.78, 5) is 5.30. The molecule has 3 aromatic rings. The zero-order chi connectivity index (χ0) is 13.4. The van der Waals surface area contributed by atoms with Gasteiger partial charge in [0.05, 0.1) is 5.69 Å². The van der Waals surface area contributed by atoms with Gasteiger partial charge in [0, 0.05) is 16.9 Å². The summed E-state index contributed by atoms with van der Waals surface area (Å²) < 4.78 is 21.0. The Morgan fingerprint density at radius 1 is 1.47 bits per heavy atom. The van der Waals surface area contributed by atoms with Crippen molar-refractivity contribution in [2.75, 3.05) is 0 Å². The molecular weight excluding hydrogens is 331 g/mol. The lowest BCUT2D eigenvalue weighted by Gasteiger charge is -2.05. The fourth-order valence-corrected chi connectivity index (χ4v) is 3.04. The number of halogens is 2. The lowest BCUT2D eigenvalue weighted by atomic mass is 10.2. The number of hydrogen-bond acceptors (Lipinski definition) is 3. The molecule has 0 amide bonds. The molecule has 1 aromatic carbocycles. The maximum atomic E-state index is 13.2. The van der Waals surface area contributed by atoms with Crippen molar-refractivity contribution >= 4 is 32.2 Å². The maximum Gasteiger partial charge on any atom is 0.243 e. The maximum absolute atomic E-state index is 13.2. The number of aromatic nitrogens is 2. The number of rotatable bonds is 3. The van der Waals surface area contributed by atoms with Gasteiger partial charge in [-0.05, 0) is 30.7 Å². The molecule has 2 heterocycles. The summed E-state index contributed by atoms with van der Waals surface area (Å²) in [5, 5.41) is 2.61. The third-order valence-electron chi connectivity index (χ3n) is 2.79. The van der Waals surface area contributed by atoms with Gasteiger partial charge in [-0.2, -0.15) is 4.98 Å². The van der Waals surface area contributed by atoms with E-state index in [0.29, 0.717) is 22.5 Å². The lowest BCUT2D eigenvalue weighted by Crippen LogP contribution is -1.92. The van der Waals surface area contributed by atoms with Crippen LogP contribution in [0.5, 0.6) is 11.6 Å². The average Bonchev–Trinajstić information content (AvgIpc) is 2.94. The second kappa shape index (κ2) is 4.94. The first-order valence-electron chi connectivity index (χ1n) is 5.63. The molecule has 0 N–H and O–H groups in total. The zero-order valence-electron chi connectivity index (χ0n) is 10.1. The number of alkyl halides is 1. The minimum Gasteiger partial charge on any atom is -0.437 e. The van der Waals surface area contributed by atoms with E-state index in [4.69, 9.17) is 4.74 Å². The molecule has 0 bridgehead atoms. The van der Waals surface area contributed by atoms with Gasteiger partial charge in [-0.15, -0.1) is 11.3 Å². The van der Waals surface area contributed by atoms with Gasteiger partial charge in [0.2, 0.25) is 5.88 Å². The quantitative estimate of drug-likeness (QED) is 0.655. The number of thiazole rings is 1. The predicted octanol–water partition coefficient (Wildman–Crippen LogP) is 4.53. The molecule has 0 unspecified atom stereocenters. The Morgan fingerprint density at radius 3 is 3.05 bits per heavy atom. The van der Waals surface area contributed by atoms with Crippen molar-refractivity contribution in [3.05, 3.63) is 46.9 Å². The Morgan fingerprint density at radius 2 is 2.32 bits per heavy atom. The van der Waals surface area contributed by atoms with E-state index in [2.05, 4.69) is 20.9 Å². The summed E-state index contributed by atoms with van der Waals surface area (Å²) >= 11 is 4.98. The average molecular weight is 341 g/mol. The molecule has 0 aliphatic carbocycles. The fourth-order valence-electron chi connectivity index (χ4n) is 1.81. The van der Waals surface area contributed by atoms with Crippen molar-refractivity contribution in [3.63, 3.8) is 0 Å². The van der Waals surface area contributed by atoms with Gasteiger partial charge in [-0.1, -0.05) is 15.9 Å². The Bertz CT molecular complexity index is 737. The number of hydrogen-bond donors (Lipinski definition) is 0. The molecule has 6 heteroatoms. The predicted molar refractivity (Wildman–Crippen MR) is 76.9 cm³/mol. The first-order valence-corrected chi connectivity index (χ1v) is 7.63. The van der Waals surface area contributed by atoms with Crippen molar-refractivity contribution in [2.24, 2.45) is 0 Å². The van der Waals surface area contributed by atoms with Crippen LogP contribution in [0.2, 0.25) is 0 Å². The Balaban J connectivity index is 2.00. The highest BCUT2D eigenvalue weighted by Gasteiger charge is 2.14. The number of benzene rings is 1. The number of imidazole rings is 1. The smallest absolute Gasteiger partial charge is 0.243 e. The monoisotopic (exact) mass is 340 g/mol. The Kier molecular flexibility index (Phi) is 3.28. The van der Waals surface area contributed by atoms with Crippen LogP contribution in [0.3, 0.4) is 0 Å². The van der Waals surface area contributed by atoms with E-state index in [9.17, 15) is 4.39 Å². The molecule has 3 nitrogen and oxygen atoms in total. The van der Waals surface area contributed by atoms with E-state index < -0.39 is 0 Å². The molecule has 3 rings (SSSR count). The molecule has 2 aromatic heterocycles. The molecule has 0 aliphatic rings. The van der Waals surface area contributed by atoms with Gasteiger partial charge in [-0.25, -0.2) is 4.39 Å². The van der Waals surface area contributed by atoms with Crippen molar-refractivity contribution in [3.8, 4) is 11.6 Å². The molecule has 0 atom stereocenters. The van der Waals surface area contributed by atoms with Crippen molar-refractivity contribution < 1.29 is 9.13 Å². The first kappa shape index (κ1) is 12.6. The molecule has 0 saturated carbocycles. The van der Waals surface area contributed by atoms with Gasteiger partial charge < -0.3 is 4.74 Å². The number of aryl methyl sites for hydroxylation is 1. The van der Waals surface area contributed by atoms with Crippen LogP contribution in [0.1, 0.15) is 11.3 Å². The summed E-state index contributed by atoms with van der Waals surface area (Å²) in [5.74, 6) is 0.903. The van der Waals surface area contributed by atoms with Crippen LogP contribution in [0.25, 0.3) is 4.96 Å². The second-order valence-electron chi connectivity index (χ2n) is 4.07. The zero-order valence-corrected chi connectivity index (χ0v) is 12.5. The van der Waals surface area contributed by atoms with E-state index in [-0.39, 0.29) is 5.82 Å². The Labute approximate surface area is 121 Å². The topological polar surface area (TPSA) is 26.5 Å². The summed E-state index contributed by atoms with van der Waals surface area (Å²) in [6, 6.07) is 4.67. The summed E-state index contributed by atoms with van der Waals surface area (Å²) in [6.07, 6.45) is 1.95. The number of ether oxygens (including phenoxy) is 1. The normalized spacial score (nSPS) is 11.1. The standard InChI is InChI=1S/C13H10BrFN2OS/c1-8-6-9(2-3-10(8)15)18-12-11(7-14)17-4-5-19-13(17)16-12/h2-6H,7H2,1H3. The second-order valence-corrected chi connectivity index (χ2v) is 5.50. The summed E-state index contributed by atoms with van der Waals surface area (Å²) in [7, 11) is 0. The van der Waals surface area contributed by atoms with Gasteiger partial charge in [-0.3, -0.25) is 4.40 Å². The number of fused-ring (bicyclic) bond motifs is 1. The van der Waals surface area contributed by atoms with Gasteiger partial charge in [0.15, 0.2) is 4.96 Å². The molecular formula is C13H10BrFN2OS. The van der Waals surface area contributed by atoms with Crippen LogP contribution >= 0.6 is 27.3 Å². The largest absolute Gasteiger partial charge is 0.437 e.